The normalized spacial score (nSPS) is 12.5. The fraction of sp³-hybridized carbons (Fsp3) is 0.455. The quantitative estimate of drug-likeness (QED) is 0.750. The first-order chi connectivity index (χ1) is 6.77. The topological polar surface area (TPSA) is 49.7 Å². The van der Waals surface area contributed by atoms with Gasteiger partial charge in [-0.3, -0.25) is 0 Å². The van der Waals surface area contributed by atoms with Gasteiger partial charge in [-0.2, -0.15) is 0 Å². The zero-order chi connectivity index (χ0) is 10.4. The van der Waals surface area contributed by atoms with Gasteiger partial charge in [-0.1, -0.05) is 12.1 Å². The van der Waals surface area contributed by atoms with Crippen molar-refractivity contribution >= 4 is 0 Å². The average molecular weight is 196 g/mol. The Morgan fingerprint density at radius 1 is 1.29 bits per heavy atom. The lowest BCUT2D eigenvalue weighted by Crippen LogP contribution is -2.00. The van der Waals surface area contributed by atoms with E-state index in [1.165, 1.54) is 0 Å². The Morgan fingerprint density at radius 3 is 2.43 bits per heavy atom. The van der Waals surface area contributed by atoms with Crippen molar-refractivity contribution in [3.63, 3.8) is 0 Å². The molecule has 0 aliphatic heterocycles. The van der Waals surface area contributed by atoms with Gasteiger partial charge in [0.25, 0.3) is 0 Å². The van der Waals surface area contributed by atoms with Crippen molar-refractivity contribution in [2.24, 2.45) is 0 Å². The van der Waals surface area contributed by atoms with Crippen molar-refractivity contribution in [1.82, 2.24) is 0 Å². The number of ether oxygens (including phenoxy) is 1. The van der Waals surface area contributed by atoms with Crippen LogP contribution in [0.4, 0.5) is 0 Å². The molecule has 0 aliphatic carbocycles. The highest BCUT2D eigenvalue weighted by Crippen LogP contribution is 2.19. The highest BCUT2D eigenvalue weighted by atomic mass is 16.5. The van der Waals surface area contributed by atoms with Crippen molar-refractivity contribution in [3.05, 3.63) is 29.8 Å². The van der Waals surface area contributed by atoms with E-state index in [0.717, 1.165) is 11.3 Å². The second-order valence-corrected chi connectivity index (χ2v) is 3.03. The second-order valence-electron chi connectivity index (χ2n) is 3.03. The number of hydrogen-bond acceptors (Lipinski definition) is 3. The lowest BCUT2D eigenvalue weighted by Gasteiger charge is -2.10. The fourth-order valence-corrected chi connectivity index (χ4v) is 1.24. The monoisotopic (exact) mass is 196 g/mol. The first kappa shape index (κ1) is 11.0. The zero-order valence-corrected chi connectivity index (χ0v) is 8.31. The summed E-state index contributed by atoms with van der Waals surface area (Å²) in [5.74, 6) is 0.799. The molecule has 78 valence electrons. The molecular weight excluding hydrogens is 180 g/mol. The first-order valence-electron chi connectivity index (χ1n) is 4.79. The molecule has 2 N–H and O–H groups in total. The van der Waals surface area contributed by atoms with E-state index in [4.69, 9.17) is 9.84 Å². The van der Waals surface area contributed by atoms with Gasteiger partial charge in [0.1, 0.15) is 5.75 Å². The van der Waals surface area contributed by atoms with Gasteiger partial charge in [0.05, 0.1) is 12.7 Å². The Hall–Kier alpha value is -1.06. The van der Waals surface area contributed by atoms with Crippen LogP contribution in [0.3, 0.4) is 0 Å². The van der Waals surface area contributed by atoms with Crippen LogP contribution >= 0.6 is 0 Å². The number of hydrogen-bond donors (Lipinski definition) is 2. The maximum atomic E-state index is 9.54. The van der Waals surface area contributed by atoms with Gasteiger partial charge in [0.2, 0.25) is 0 Å². The molecule has 1 atom stereocenters. The molecular formula is C11H16O3. The smallest absolute Gasteiger partial charge is 0.119 e. The zero-order valence-electron chi connectivity index (χ0n) is 8.31. The minimum atomic E-state index is -0.587. The molecule has 3 nitrogen and oxygen atoms in total. The average Bonchev–Trinajstić information content (AvgIpc) is 2.20. The highest BCUT2D eigenvalue weighted by molar-refractivity contribution is 5.28. The van der Waals surface area contributed by atoms with E-state index in [1.807, 2.05) is 31.2 Å². The molecule has 0 heterocycles. The fourth-order valence-electron chi connectivity index (χ4n) is 1.24. The minimum absolute atomic E-state index is 0.00558. The van der Waals surface area contributed by atoms with Crippen molar-refractivity contribution in [1.29, 1.82) is 0 Å². The summed E-state index contributed by atoms with van der Waals surface area (Å²) >= 11 is 0. The molecule has 1 unspecified atom stereocenters. The molecule has 1 aromatic rings. The van der Waals surface area contributed by atoms with E-state index in [2.05, 4.69) is 0 Å². The van der Waals surface area contributed by atoms with Crippen molar-refractivity contribution in [2.45, 2.75) is 19.4 Å². The van der Waals surface area contributed by atoms with E-state index in [9.17, 15) is 5.11 Å². The summed E-state index contributed by atoms with van der Waals surface area (Å²) in [7, 11) is 0. The van der Waals surface area contributed by atoms with Crippen LogP contribution in [-0.2, 0) is 0 Å². The predicted molar refractivity (Wildman–Crippen MR) is 54.3 cm³/mol. The van der Waals surface area contributed by atoms with Crippen LogP contribution in [0.5, 0.6) is 5.75 Å². The van der Waals surface area contributed by atoms with E-state index in [-0.39, 0.29) is 6.61 Å². The highest BCUT2D eigenvalue weighted by Gasteiger charge is 2.05. The third-order valence-electron chi connectivity index (χ3n) is 1.98. The molecule has 0 amide bonds. The molecule has 0 radical (unpaired) electrons. The van der Waals surface area contributed by atoms with E-state index < -0.39 is 6.10 Å². The van der Waals surface area contributed by atoms with E-state index in [0.29, 0.717) is 13.0 Å². The van der Waals surface area contributed by atoms with E-state index >= 15 is 0 Å². The molecule has 0 aliphatic rings. The predicted octanol–water partition coefficient (Wildman–Crippen LogP) is 1.50. The molecule has 1 aromatic carbocycles. The summed E-state index contributed by atoms with van der Waals surface area (Å²) < 4.78 is 5.27. The maximum absolute atomic E-state index is 9.54. The molecule has 0 spiro atoms. The lowest BCUT2D eigenvalue weighted by molar-refractivity contribution is 0.134. The van der Waals surface area contributed by atoms with Crippen molar-refractivity contribution < 1.29 is 14.9 Å². The van der Waals surface area contributed by atoms with Gasteiger partial charge in [-0.05, 0) is 24.6 Å². The Bertz CT molecular complexity index is 256. The summed E-state index contributed by atoms with van der Waals surface area (Å²) in [5, 5.41) is 18.2. The minimum Gasteiger partial charge on any atom is -0.494 e. The molecule has 1 rings (SSSR count). The summed E-state index contributed by atoms with van der Waals surface area (Å²) in [6.07, 6.45) is -0.218. The van der Waals surface area contributed by atoms with Crippen molar-refractivity contribution in [3.8, 4) is 5.75 Å². The van der Waals surface area contributed by atoms with Crippen LogP contribution in [0.2, 0.25) is 0 Å². The molecule has 0 saturated heterocycles. The van der Waals surface area contributed by atoms with E-state index in [1.54, 1.807) is 0 Å². The molecule has 0 fully saturated rings. The van der Waals surface area contributed by atoms with Gasteiger partial charge < -0.3 is 14.9 Å². The van der Waals surface area contributed by atoms with Crippen LogP contribution in [0, 0.1) is 0 Å². The Kier molecular flexibility index (Phi) is 4.43. The second kappa shape index (κ2) is 5.62. The largest absolute Gasteiger partial charge is 0.494 e. The SMILES string of the molecule is CCOc1ccc(C(O)CCO)cc1. The molecule has 3 heteroatoms. The van der Waals surface area contributed by atoms with Crippen LogP contribution in [0.1, 0.15) is 25.0 Å². The Labute approximate surface area is 84.0 Å². The maximum Gasteiger partial charge on any atom is 0.119 e. The number of aliphatic hydroxyl groups excluding tert-OH is 2. The molecule has 0 saturated carbocycles. The first-order valence-corrected chi connectivity index (χ1v) is 4.79. The number of aliphatic hydroxyl groups is 2. The van der Waals surface area contributed by atoms with Gasteiger partial charge in [-0.25, -0.2) is 0 Å². The number of rotatable bonds is 5. The summed E-state index contributed by atoms with van der Waals surface area (Å²) in [5.41, 5.74) is 0.808. The third kappa shape index (κ3) is 3.01. The van der Waals surface area contributed by atoms with Crippen LogP contribution in [0.15, 0.2) is 24.3 Å². The van der Waals surface area contributed by atoms with Crippen LogP contribution < -0.4 is 4.74 Å². The van der Waals surface area contributed by atoms with Crippen LogP contribution in [-0.4, -0.2) is 23.4 Å². The number of benzene rings is 1. The molecule has 0 aromatic heterocycles. The van der Waals surface area contributed by atoms with Gasteiger partial charge in [-0.15, -0.1) is 0 Å². The molecule has 0 bridgehead atoms. The lowest BCUT2D eigenvalue weighted by atomic mass is 10.1. The Morgan fingerprint density at radius 2 is 1.93 bits per heavy atom. The standard InChI is InChI=1S/C11H16O3/c1-2-14-10-5-3-9(4-6-10)11(13)7-8-12/h3-6,11-13H,2,7-8H2,1H3. The summed E-state index contributed by atoms with van der Waals surface area (Å²) in [6.45, 7) is 2.56. The Balaban J connectivity index is 2.62. The van der Waals surface area contributed by atoms with Crippen LogP contribution in [0.25, 0.3) is 0 Å². The van der Waals surface area contributed by atoms with Gasteiger partial charge in [0.15, 0.2) is 0 Å². The molecule has 14 heavy (non-hydrogen) atoms. The third-order valence-corrected chi connectivity index (χ3v) is 1.98. The summed E-state index contributed by atoms with van der Waals surface area (Å²) in [6, 6.07) is 7.26. The van der Waals surface area contributed by atoms with Gasteiger partial charge in [0, 0.05) is 13.0 Å². The van der Waals surface area contributed by atoms with Crippen molar-refractivity contribution in [2.75, 3.05) is 13.2 Å². The summed E-state index contributed by atoms with van der Waals surface area (Å²) in [4.78, 5) is 0. The van der Waals surface area contributed by atoms with Gasteiger partial charge >= 0.3 is 0 Å².